The van der Waals surface area contributed by atoms with Crippen molar-refractivity contribution in [3.63, 3.8) is 0 Å². The molecule has 0 aromatic heterocycles. The summed E-state index contributed by atoms with van der Waals surface area (Å²) in [7, 11) is 2.24. The number of fused-ring (bicyclic) bond motifs is 1. The fraction of sp³-hybridized carbons (Fsp3) is 0.758. The van der Waals surface area contributed by atoms with E-state index in [0.29, 0.717) is 31.0 Å². The molecule has 3 unspecified atom stereocenters. The summed E-state index contributed by atoms with van der Waals surface area (Å²) in [6, 6.07) is 5.04. The first-order valence-electron chi connectivity index (χ1n) is 16.5. The molecule has 246 valence electrons. The van der Waals surface area contributed by atoms with Gasteiger partial charge in [-0.1, -0.05) is 65.4 Å². The lowest BCUT2D eigenvalue weighted by molar-refractivity contribution is -0.109. The number of aldehydes is 1. The second-order valence-corrected chi connectivity index (χ2v) is 11.8. The van der Waals surface area contributed by atoms with Crippen LogP contribution in [0.25, 0.3) is 0 Å². The predicted molar refractivity (Wildman–Crippen MR) is 171 cm³/mol. The minimum Gasteiger partial charge on any atom is -0.465 e. The molecule has 2 heterocycles. The number of hydrogen-bond donors (Lipinski definition) is 2. The Bertz CT molecular complexity index is 933. The number of aliphatic hydroxyl groups is 1. The Balaban J connectivity index is 0.000000455. The molecule has 3 atom stereocenters. The number of carbonyl (C=O) groups excluding carboxylic acids is 1. The number of aliphatic hydroxyl groups excluding tert-OH is 1. The van der Waals surface area contributed by atoms with Gasteiger partial charge in [0.25, 0.3) is 0 Å². The van der Waals surface area contributed by atoms with Gasteiger partial charge in [-0.15, -0.1) is 0 Å². The van der Waals surface area contributed by atoms with Gasteiger partial charge in [-0.05, 0) is 70.4 Å². The molecular weight excluding hydrogens is 548 g/mol. The number of benzene rings is 1. The maximum atomic E-state index is 12.3. The quantitative estimate of drug-likeness (QED) is 0.115. The fourth-order valence-corrected chi connectivity index (χ4v) is 5.76. The lowest BCUT2D eigenvalue weighted by atomic mass is 10.1. The highest BCUT2D eigenvalue weighted by molar-refractivity contribution is 5.67. The van der Waals surface area contributed by atoms with Crippen LogP contribution >= 0.6 is 0 Å². The van der Waals surface area contributed by atoms with Gasteiger partial charge in [0.1, 0.15) is 12.5 Å². The van der Waals surface area contributed by atoms with Gasteiger partial charge in [-0.25, -0.2) is 4.79 Å². The maximum Gasteiger partial charge on any atom is 0.409 e. The van der Waals surface area contributed by atoms with Gasteiger partial charge in [0.05, 0.1) is 18.8 Å². The number of hydrogen-bond acceptors (Lipinski definition) is 8. The van der Waals surface area contributed by atoms with E-state index >= 15 is 0 Å². The molecule has 10 heteroatoms. The Labute approximate surface area is 259 Å². The zero-order valence-electron chi connectivity index (χ0n) is 27.4. The highest BCUT2D eigenvalue weighted by atomic mass is 16.7. The summed E-state index contributed by atoms with van der Waals surface area (Å²) in [5.41, 5.74) is 0.806. The van der Waals surface area contributed by atoms with Gasteiger partial charge >= 0.3 is 6.09 Å². The normalized spacial score (nSPS) is 18.7. The van der Waals surface area contributed by atoms with Crippen LogP contribution in [-0.2, 0) is 4.79 Å². The summed E-state index contributed by atoms with van der Waals surface area (Å²) in [5.74, 6) is 1.24. The number of rotatable bonds is 19. The lowest BCUT2D eigenvalue weighted by Crippen LogP contribution is -2.46. The van der Waals surface area contributed by atoms with Gasteiger partial charge in [-0.3, -0.25) is 14.7 Å². The highest BCUT2D eigenvalue weighted by Gasteiger charge is 2.43. The number of carbonyl (C=O) groups is 2. The topological polar surface area (TPSA) is 106 Å². The van der Waals surface area contributed by atoms with Crippen LogP contribution in [0.3, 0.4) is 0 Å². The van der Waals surface area contributed by atoms with E-state index in [2.05, 4.69) is 32.7 Å². The second kappa shape index (κ2) is 20.5. The molecule has 0 aliphatic carbocycles. The molecule has 1 amide bonds. The van der Waals surface area contributed by atoms with E-state index in [1.165, 1.54) is 56.5 Å². The van der Waals surface area contributed by atoms with Crippen LogP contribution < -0.4 is 9.47 Å². The van der Waals surface area contributed by atoms with Crippen molar-refractivity contribution in [1.29, 1.82) is 0 Å². The Morgan fingerprint density at radius 1 is 0.977 bits per heavy atom. The summed E-state index contributed by atoms with van der Waals surface area (Å²) < 4.78 is 10.8. The van der Waals surface area contributed by atoms with E-state index in [4.69, 9.17) is 9.47 Å². The van der Waals surface area contributed by atoms with Crippen LogP contribution in [0.2, 0.25) is 0 Å². The van der Waals surface area contributed by atoms with Crippen molar-refractivity contribution in [2.45, 2.75) is 110 Å². The lowest BCUT2D eigenvalue weighted by Gasteiger charge is -2.32. The number of ether oxygens (including phenoxy) is 2. The molecule has 1 saturated heterocycles. The van der Waals surface area contributed by atoms with Crippen molar-refractivity contribution in [3.05, 3.63) is 23.8 Å². The first-order chi connectivity index (χ1) is 20.8. The minimum atomic E-state index is -1.03. The average molecular weight is 607 g/mol. The molecule has 43 heavy (non-hydrogen) atoms. The van der Waals surface area contributed by atoms with Crippen molar-refractivity contribution in [3.8, 4) is 11.5 Å². The van der Waals surface area contributed by atoms with Crippen LogP contribution in [0.1, 0.15) is 104 Å². The number of carboxylic acid groups (broad SMARTS) is 1. The minimum absolute atomic E-state index is 0.152. The zero-order chi connectivity index (χ0) is 31.6. The third kappa shape index (κ3) is 12.3. The molecule has 3 rings (SSSR count). The van der Waals surface area contributed by atoms with E-state index < -0.39 is 24.5 Å². The van der Waals surface area contributed by atoms with Crippen molar-refractivity contribution >= 4 is 12.4 Å². The van der Waals surface area contributed by atoms with Crippen molar-refractivity contribution in [2.75, 3.05) is 53.1 Å². The number of unbranched alkanes of at least 4 members (excludes halogenated alkanes) is 6. The third-order valence-corrected chi connectivity index (χ3v) is 8.34. The van der Waals surface area contributed by atoms with Crippen LogP contribution in [0.5, 0.6) is 11.5 Å². The standard InChI is InChI=1S/C22H33N3O6.C11H25N/c1-3-4-5-9-23(16(2)27)10-8-21-24(11-12-26)14-18(25(21)22(28)29)17-6-7-19-20(13-17)31-15-30-19;1-4-6-8-9-11-12(3)10-7-5-2/h6-7,12-13,16,18,21,27H,3-5,8-11,14-15H2,1-2H3,(H,28,29);4-11H2,1-3H3. The Kier molecular flexibility index (Phi) is 17.6. The largest absolute Gasteiger partial charge is 0.465 e. The van der Waals surface area contributed by atoms with Gasteiger partial charge in [0, 0.05) is 19.6 Å². The zero-order valence-corrected chi connectivity index (χ0v) is 27.4. The van der Waals surface area contributed by atoms with Gasteiger partial charge < -0.3 is 29.4 Å². The Hall–Kier alpha value is -2.40. The smallest absolute Gasteiger partial charge is 0.409 e. The fourth-order valence-electron chi connectivity index (χ4n) is 5.76. The van der Waals surface area contributed by atoms with Crippen molar-refractivity contribution in [1.82, 2.24) is 19.6 Å². The van der Waals surface area contributed by atoms with E-state index in [1.54, 1.807) is 13.0 Å². The van der Waals surface area contributed by atoms with E-state index in [9.17, 15) is 19.8 Å². The summed E-state index contributed by atoms with van der Waals surface area (Å²) in [6.45, 7) is 13.0. The molecule has 0 radical (unpaired) electrons. The molecule has 1 aromatic carbocycles. The van der Waals surface area contributed by atoms with E-state index in [-0.39, 0.29) is 13.3 Å². The first-order valence-corrected chi connectivity index (χ1v) is 16.5. The Morgan fingerprint density at radius 3 is 2.28 bits per heavy atom. The van der Waals surface area contributed by atoms with Gasteiger partial charge in [0.2, 0.25) is 6.79 Å². The molecule has 0 spiro atoms. The summed E-state index contributed by atoms with van der Waals surface area (Å²) in [6.07, 6.45) is 10.6. The van der Waals surface area contributed by atoms with E-state index in [1.807, 2.05) is 21.9 Å². The molecule has 2 aliphatic rings. The summed E-state index contributed by atoms with van der Waals surface area (Å²) >= 11 is 0. The predicted octanol–water partition coefficient (Wildman–Crippen LogP) is 5.80. The average Bonchev–Trinajstić information content (AvgIpc) is 3.60. The maximum absolute atomic E-state index is 12.3. The number of nitrogens with zero attached hydrogens (tertiary/aromatic N) is 4. The highest BCUT2D eigenvalue weighted by Crippen LogP contribution is 2.39. The van der Waals surface area contributed by atoms with Gasteiger partial charge in [0.15, 0.2) is 11.5 Å². The van der Waals surface area contributed by atoms with Gasteiger partial charge in [-0.2, -0.15) is 0 Å². The van der Waals surface area contributed by atoms with Crippen molar-refractivity contribution in [2.24, 2.45) is 0 Å². The number of amides is 1. The molecule has 2 aliphatic heterocycles. The molecule has 2 N–H and O–H groups in total. The van der Waals surface area contributed by atoms with E-state index in [0.717, 1.165) is 37.7 Å². The Morgan fingerprint density at radius 2 is 1.63 bits per heavy atom. The summed E-state index contributed by atoms with van der Waals surface area (Å²) in [4.78, 5) is 31.3. The van der Waals surface area contributed by atoms with Crippen LogP contribution in [-0.4, -0.2) is 108 Å². The second-order valence-electron chi connectivity index (χ2n) is 11.8. The molecule has 0 saturated carbocycles. The molecule has 1 fully saturated rings. The molecular formula is C33H58N4O6. The SMILES string of the molecule is CCCCCCN(C)CCCC.CCCCCN(CCC1N(CC=O)CC(c2ccc3c(c2)OCO3)N1C(=O)O)C(C)O. The van der Waals surface area contributed by atoms with Crippen LogP contribution in [0, 0.1) is 0 Å². The first kappa shape index (κ1) is 36.8. The van der Waals surface area contributed by atoms with Crippen molar-refractivity contribution < 1.29 is 29.3 Å². The monoisotopic (exact) mass is 606 g/mol. The van der Waals surface area contributed by atoms with Crippen LogP contribution in [0.15, 0.2) is 18.2 Å². The molecule has 0 bridgehead atoms. The molecule has 10 nitrogen and oxygen atoms in total. The third-order valence-electron chi connectivity index (χ3n) is 8.34. The van der Waals surface area contributed by atoms with Crippen LogP contribution in [0.4, 0.5) is 4.79 Å². The molecule has 1 aromatic rings. The summed E-state index contributed by atoms with van der Waals surface area (Å²) in [5, 5.41) is 20.2.